The molecule has 25 heavy (non-hydrogen) atoms. The number of rotatable bonds is 6. The molecule has 0 radical (unpaired) electrons. The van der Waals surface area contributed by atoms with Crippen LogP contribution in [0.1, 0.15) is 107 Å². The minimum atomic E-state index is 0.382. The van der Waals surface area contributed by atoms with Crippen molar-refractivity contribution < 1.29 is 4.74 Å². The average molecular weight is 351 g/mol. The van der Waals surface area contributed by atoms with Crippen molar-refractivity contribution in [1.29, 1.82) is 0 Å². The van der Waals surface area contributed by atoms with Gasteiger partial charge in [0.15, 0.2) is 0 Å². The highest BCUT2D eigenvalue weighted by Crippen LogP contribution is 2.44. The van der Waals surface area contributed by atoms with E-state index in [1.165, 1.54) is 51.4 Å². The lowest BCUT2D eigenvalue weighted by atomic mass is 9.67. The molecule has 0 spiro atoms. The van der Waals surface area contributed by atoms with E-state index in [0.717, 1.165) is 11.8 Å². The van der Waals surface area contributed by atoms with Gasteiger partial charge in [-0.25, -0.2) is 0 Å². The molecule has 0 aliphatic heterocycles. The molecule has 2 aliphatic carbocycles. The molecule has 0 aromatic rings. The number of hydrogen-bond acceptors (Lipinski definition) is 1. The molecule has 2 rings (SSSR count). The van der Waals surface area contributed by atoms with Gasteiger partial charge in [0.05, 0.1) is 12.2 Å². The van der Waals surface area contributed by atoms with E-state index in [4.69, 9.17) is 4.74 Å². The van der Waals surface area contributed by atoms with Crippen molar-refractivity contribution in [3.63, 3.8) is 0 Å². The van der Waals surface area contributed by atoms with Crippen LogP contribution in [0.2, 0.25) is 0 Å². The maximum Gasteiger partial charge on any atom is 0.0578 e. The van der Waals surface area contributed by atoms with Crippen molar-refractivity contribution in [3.05, 3.63) is 0 Å². The van der Waals surface area contributed by atoms with E-state index in [1.807, 2.05) is 0 Å². The Hall–Kier alpha value is -0.0400. The van der Waals surface area contributed by atoms with Crippen molar-refractivity contribution >= 4 is 0 Å². The van der Waals surface area contributed by atoms with Gasteiger partial charge in [0.1, 0.15) is 0 Å². The van der Waals surface area contributed by atoms with E-state index in [1.54, 1.807) is 0 Å². The van der Waals surface area contributed by atoms with Gasteiger partial charge in [0, 0.05) is 0 Å². The summed E-state index contributed by atoms with van der Waals surface area (Å²) in [5.74, 6) is 3.04. The van der Waals surface area contributed by atoms with E-state index in [9.17, 15) is 0 Å². The third-order valence-electron chi connectivity index (χ3n) is 7.88. The Morgan fingerprint density at radius 3 is 1.36 bits per heavy atom. The van der Waals surface area contributed by atoms with E-state index in [-0.39, 0.29) is 0 Å². The Morgan fingerprint density at radius 2 is 1.04 bits per heavy atom. The molecular formula is C24H46O. The zero-order chi connectivity index (χ0) is 18.8. The lowest BCUT2D eigenvalue weighted by Gasteiger charge is -2.42. The van der Waals surface area contributed by atoms with Gasteiger partial charge >= 0.3 is 0 Å². The fourth-order valence-corrected chi connectivity index (χ4v) is 5.76. The quantitative estimate of drug-likeness (QED) is 0.482. The molecule has 0 N–H and O–H groups in total. The molecule has 6 unspecified atom stereocenters. The molecule has 1 nitrogen and oxygen atoms in total. The van der Waals surface area contributed by atoms with Crippen LogP contribution in [-0.4, -0.2) is 12.2 Å². The smallest absolute Gasteiger partial charge is 0.0578 e. The molecule has 0 heterocycles. The first-order valence-corrected chi connectivity index (χ1v) is 11.2. The molecule has 0 aromatic carbocycles. The average Bonchev–Trinajstić information content (AvgIpc) is 2.51. The fraction of sp³-hybridized carbons (Fsp3) is 1.00. The highest BCUT2D eigenvalue weighted by atomic mass is 16.5. The summed E-state index contributed by atoms with van der Waals surface area (Å²) in [7, 11) is 0. The second-order valence-corrected chi connectivity index (χ2v) is 11.3. The third kappa shape index (κ3) is 5.98. The summed E-state index contributed by atoms with van der Waals surface area (Å²) in [6.07, 6.45) is 11.9. The molecular weight excluding hydrogens is 304 g/mol. The molecule has 0 saturated heterocycles. The normalized spacial score (nSPS) is 34.1. The third-order valence-corrected chi connectivity index (χ3v) is 7.88. The molecule has 0 bridgehead atoms. The summed E-state index contributed by atoms with van der Waals surface area (Å²) in [4.78, 5) is 0. The van der Waals surface area contributed by atoms with Crippen molar-refractivity contribution in [2.75, 3.05) is 0 Å². The van der Waals surface area contributed by atoms with E-state index in [2.05, 4.69) is 55.4 Å². The Balaban J connectivity index is 1.87. The lowest BCUT2D eigenvalue weighted by Crippen LogP contribution is -2.37. The van der Waals surface area contributed by atoms with Gasteiger partial charge in [0.25, 0.3) is 0 Å². The van der Waals surface area contributed by atoms with Crippen LogP contribution < -0.4 is 0 Å². The first-order chi connectivity index (χ1) is 11.5. The van der Waals surface area contributed by atoms with Crippen molar-refractivity contribution in [2.45, 2.75) is 119 Å². The van der Waals surface area contributed by atoms with Gasteiger partial charge in [-0.1, -0.05) is 67.2 Å². The van der Waals surface area contributed by atoms with Crippen LogP contribution >= 0.6 is 0 Å². The van der Waals surface area contributed by atoms with Crippen LogP contribution in [0.5, 0.6) is 0 Å². The number of hydrogen-bond donors (Lipinski definition) is 0. The second-order valence-electron chi connectivity index (χ2n) is 11.3. The molecule has 0 amide bonds. The second kappa shape index (κ2) is 8.32. The van der Waals surface area contributed by atoms with Crippen LogP contribution in [0.25, 0.3) is 0 Å². The molecule has 2 aliphatic rings. The zero-order valence-corrected chi connectivity index (χ0v) is 18.5. The predicted octanol–water partition coefficient (Wildman–Crippen LogP) is 7.49. The van der Waals surface area contributed by atoms with Crippen LogP contribution in [-0.2, 0) is 4.74 Å². The fourth-order valence-electron chi connectivity index (χ4n) is 5.76. The zero-order valence-electron chi connectivity index (χ0n) is 18.5. The predicted molar refractivity (Wildman–Crippen MR) is 110 cm³/mol. The van der Waals surface area contributed by atoms with Crippen molar-refractivity contribution in [3.8, 4) is 0 Å². The van der Waals surface area contributed by atoms with Crippen LogP contribution in [0.15, 0.2) is 0 Å². The molecule has 0 aromatic heterocycles. The topological polar surface area (TPSA) is 9.23 Å². The monoisotopic (exact) mass is 350 g/mol. The van der Waals surface area contributed by atoms with Crippen LogP contribution in [0.4, 0.5) is 0 Å². The van der Waals surface area contributed by atoms with Gasteiger partial charge in [-0.05, 0) is 74.0 Å². The Kier molecular flexibility index (Phi) is 7.08. The molecule has 1 heteroatoms. The maximum atomic E-state index is 6.62. The highest BCUT2D eigenvalue weighted by molar-refractivity contribution is 4.86. The van der Waals surface area contributed by atoms with Gasteiger partial charge in [-0.2, -0.15) is 0 Å². The largest absolute Gasteiger partial charge is 0.375 e. The molecule has 2 saturated carbocycles. The van der Waals surface area contributed by atoms with Crippen molar-refractivity contribution in [1.82, 2.24) is 0 Å². The Labute approximate surface area is 158 Å². The summed E-state index contributed by atoms with van der Waals surface area (Å²) in [5, 5.41) is 0. The summed E-state index contributed by atoms with van der Waals surface area (Å²) in [6, 6.07) is 0. The highest BCUT2D eigenvalue weighted by Gasteiger charge is 2.36. The standard InChI is InChI=1S/C24H46O/c1-17(21-11-9-13-23(5,6)15-21)19(3)25-20(4)18(2)22-12-10-14-24(7,8)16-22/h17-22H,9-16H2,1-8H3. The molecule has 2 fully saturated rings. The summed E-state index contributed by atoms with van der Waals surface area (Å²) in [5.41, 5.74) is 1.06. The SMILES string of the molecule is CC(OC(C)C(C)C1CCCC(C)(C)C1)C(C)C1CCCC(C)(C)C1. The molecule has 148 valence electrons. The summed E-state index contributed by atoms with van der Waals surface area (Å²) in [6.45, 7) is 19.4. The summed E-state index contributed by atoms with van der Waals surface area (Å²) < 4.78 is 6.62. The van der Waals surface area contributed by atoms with Gasteiger partial charge in [-0.15, -0.1) is 0 Å². The Morgan fingerprint density at radius 1 is 0.680 bits per heavy atom. The summed E-state index contributed by atoms with van der Waals surface area (Å²) >= 11 is 0. The van der Waals surface area contributed by atoms with E-state index < -0.39 is 0 Å². The van der Waals surface area contributed by atoms with E-state index >= 15 is 0 Å². The minimum Gasteiger partial charge on any atom is -0.375 e. The first kappa shape index (κ1) is 21.3. The van der Waals surface area contributed by atoms with Crippen molar-refractivity contribution in [2.24, 2.45) is 34.5 Å². The van der Waals surface area contributed by atoms with E-state index in [0.29, 0.717) is 34.9 Å². The van der Waals surface area contributed by atoms with Crippen LogP contribution in [0, 0.1) is 34.5 Å². The maximum absolute atomic E-state index is 6.62. The molecule has 6 atom stereocenters. The minimum absolute atomic E-state index is 0.382. The number of ether oxygens (including phenoxy) is 1. The lowest BCUT2D eigenvalue weighted by molar-refractivity contribution is -0.0787. The van der Waals surface area contributed by atoms with Gasteiger partial charge in [-0.3, -0.25) is 0 Å². The van der Waals surface area contributed by atoms with Gasteiger partial charge in [0.2, 0.25) is 0 Å². The Bertz CT molecular complexity index is 372. The first-order valence-electron chi connectivity index (χ1n) is 11.2. The van der Waals surface area contributed by atoms with Crippen LogP contribution in [0.3, 0.4) is 0 Å². The van der Waals surface area contributed by atoms with Gasteiger partial charge < -0.3 is 4.74 Å².